The van der Waals surface area contributed by atoms with Crippen LogP contribution in [0.3, 0.4) is 0 Å². The summed E-state index contributed by atoms with van der Waals surface area (Å²) in [6, 6.07) is 16.6. The van der Waals surface area contributed by atoms with Gasteiger partial charge in [-0.25, -0.2) is 0 Å². The molecule has 0 unspecified atom stereocenters. The van der Waals surface area contributed by atoms with E-state index in [2.05, 4.69) is 25.2 Å². The van der Waals surface area contributed by atoms with Gasteiger partial charge < -0.3 is 14.8 Å². The molecule has 0 saturated heterocycles. The fraction of sp³-hybridized carbons (Fsp3) is 0.333. The van der Waals surface area contributed by atoms with Gasteiger partial charge in [0.15, 0.2) is 11.5 Å². The molecule has 0 bridgehead atoms. The maximum atomic E-state index is 5.85. The van der Waals surface area contributed by atoms with Crippen LogP contribution in [0.5, 0.6) is 11.5 Å². The molecule has 3 heteroatoms. The molecule has 0 fully saturated rings. The van der Waals surface area contributed by atoms with Gasteiger partial charge in [0.05, 0.1) is 7.11 Å². The van der Waals surface area contributed by atoms with Crippen molar-refractivity contribution >= 4 is 0 Å². The number of rotatable bonds is 7. The van der Waals surface area contributed by atoms with Gasteiger partial charge in [0, 0.05) is 12.6 Å². The minimum atomic E-state index is 0.463. The van der Waals surface area contributed by atoms with Crippen molar-refractivity contribution in [2.24, 2.45) is 0 Å². The van der Waals surface area contributed by atoms with Crippen molar-refractivity contribution in [2.45, 2.75) is 33.0 Å². The van der Waals surface area contributed by atoms with Gasteiger partial charge in [-0.1, -0.05) is 50.2 Å². The summed E-state index contributed by atoms with van der Waals surface area (Å²) in [5.74, 6) is 1.55. The Balaban J connectivity index is 2.02. The van der Waals surface area contributed by atoms with Crippen molar-refractivity contribution < 1.29 is 9.47 Å². The van der Waals surface area contributed by atoms with E-state index in [1.54, 1.807) is 7.11 Å². The van der Waals surface area contributed by atoms with Crippen LogP contribution in [-0.4, -0.2) is 13.2 Å². The van der Waals surface area contributed by atoms with Crippen molar-refractivity contribution in [1.29, 1.82) is 0 Å². The zero-order valence-electron chi connectivity index (χ0n) is 12.9. The van der Waals surface area contributed by atoms with Crippen molar-refractivity contribution in [2.75, 3.05) is 7.11 Å². The van der Waals surface area contributed by atoms with Crippen molar-refractivity contribution in [3.8, 4) is 11.5 Å². The maximum absolute atomic E-state index is 5.85. The molecule has 0 amide bonds. The highest BCUT2D eigenvalue weighted by Gasteiger charge is 2.06. The van der Waals surface area contributed by atoms with Gasteiger partial charge in [-0.3, -0.25) is 0 Å². The number of hydrogen-bond donors (Lipinski definition) is 1. The van der Waals surface area contributed by atoms with Crippen LogP contribution in [-0.2, 0) is 13.2 Å². The summed E-state index contributed by atoms with van der Waals surface area (Å²) >= 11 is 0. The molecule has 0 aliphatic heterocycles. The lowest BCUT2D eigenvalue weighted by molar-refractivity contribution is 0.284. The van der Waals surface area contributed by atoms with Crippen LogP contribution in [0.2, 0.25) is 0 Å². The molecule has 0 aliphatic rings. The van der Waals surface area contributed by atoms with Gasteiger partial charge in [-0.15, -0.1) is 0 Å². The predicted octanol–water partition coefficient (Wildman–Crippen LogP) is 3.77. The topological polar surface area (TPSA) is 30.5 Å². The zero-order valence-corrected chi connectivity index (χ0v) is 12.9. The molecule has 2 aromatic rings. The van der Waals surface area contributed by atoms with Gasteiger partial charge in [0.2, 0.25) is 0 Å². The molecule has 3 nitrogen and oxygen atoms in total. The van der Waals surface area contributed by atoms with Crippen LogP contribution in [0, 0.1) is 0 Å². The third-order valence-electron chi connectivity index (χ3n) is 3.18. The summed E-state index contributed by atoms with van der Waals surface area (Å²) in [5.41, 5.74) is 2.33. The largest absolute Gasteiger partial charge is 0.493 e. The summed E-state index contributed by atoms with van der Waals surface area (Å²) < 4.78 is 11.3. The minimum absolute atomic E-state index is 0.463. The van der Waals surface area contributed by atoms with Crippen molar-refractivity contribution in [3.63, 3.8) is 0 Å². The number of ether oxygens (including phenoxy) is 2. The average molecular weight is 285 g/mol. The molecule has 0 radical (unpaired) electrons. The Bertz CT molecular complexity index is 552. The Hall–Kier alpha value is -2.00. The van der Waals surface area contributed by atoms with E-state index < -0.39 is 0 Å². The molecule has 2 rings (SSSR count). The molecule has 1 N–H and O–H groups in total. The van der Waals surface area contributed by atoms with E-state index in [9.17, 15) is 0 Å². The second kappa shape index (κ2) is 7.70. The van der Waals surface area contributed by atoms with E-state index in [1.165, 1.54) is 5.56 Å². The first-order chi connectivity index (χ1) is 10.2. The number of benzene rings is 2. The van der Waals surface area contributed by atoms with E-state index in [4.69, 9.17) is 9.47 Å². The summed E-state index contributed by atoms with van der Waals surface area (Å²) in [7, 11) is 1.67. The smallest absolute Gasteiger partial charge is 0.161 e. The standard InChI is InChI=1S/C18H23NO2/c1-14(2)19-12-16-9-10-17(18(11-16)20-3)21-13-15-7-5-4-6-8-15/h4-11,14,19H,12-13H2,1-3H3. The highest BCUT2D eigenvalue weighted by atomic mass is 16.5. The second-order valence-corrected chi connectivity index (χ2v) is 5.30. The first kappa shape index (κ1) is 15.4. The van der Waals surface area contributed by atoms with Gasteiger partial charge in [0.25, 0.3) is 0 Å². The maximum Gasteiger partial charge on any atom is 0.161 e. The molecular weight excluding hydrogens is 262 g/mol. The highest BCUT2D eigenvalue weighted by molar-refractivity contribution is 5.43. The van der Waals surface area contributed by atoms with Gasteiger partial charge >= 0.3 is 0 Å². The summed E-state index contributed by atoms with van der Waals surface area (Å²) in [5, 5.41) is 3.39. The normalized spacial score (nSPS) is 10.7. The minimum Gasteiger partial charge on any atom is -0.493 e. The van der Waals surface area contributed by atoms with E-state index >= 15 is 0 Å². The lowest BCUT2D eigenvalue weighted by Crippen LogP contribution is -2.21. The van der Waals surface area contributed by atoms with Crippen LogP contribution < -0.4 is 14.8 Å². The SMILES string of the molecule is COc1cc(CNC(C)C)ccc1OCc1ccccc1. The fourth-order valence-corrected chi connectivity index (χ4v) is 2.00. The lowest BCUT2D eigenvalue weighted by atomic mass is 10.2. The van der Waals surface area contributed by atoms with Crippen molar-refractivity contribution in [1.82, 2.24) is 5.32 Å². The molecule has 0 spiro atoms. The first-order valence-corrected chi connectivity index (χ1v) is 7.26. The third-order valence-corrected chi connectivity index (χ3v) is 3.18. The second-order valence-electron chi connectivity index (χ2n) is 5.30. The molecule has 2 aromatic carbocycles. The molecule has 0 atom stereocenters. The van der Waals surface area contributed by atoms with Crippen LogP contribution in [0.1, 0.15) is 25.0 Å². The molecule has 21 heavy (non-hydrogen) atoms. The Labute approximate surface area is 126 Å². The highest BCUT2D eigenvalue weighted by Crippen LogP contribution is 2.28. The van der Waals surface area contributed by atoms with Gasteiger partial charge in [0.1, 0.15) is 6.61 Å². The van der Waals surface area contributed by atoms with E-state index in [0.29, 0.717) is 12.6 Å². The Morgan fingerprint density at radius 2 is 1.71 bits per heavy atom. The zero-order chi connectivity index (χ0) is 15.1. The molecule has 0 aliphatic carbocycles. The van der Waals surface area contributed by atoms with Crippen molar-refractivity contribution in [3.05, 3.63) is 59.7 Å². The fourth-order valence-electron chi connectivity index (χ4n) is 2.00. The van der Waals surface area contributed by atoms with Gasteiger partial charge in [-0.05, 0) is 23.3 Å². The predicted molar refractivity (Wildman–Crippen MR) is 85.7 cm³/mol. The quantitative estimate of drug-likeness (QED) is 0.840. The molecule has 112 valence electrons. The molecule has 0 heterocycles. The van der Waals surface area contributed by atoms with Gasteiger partial charge in [-0.2, -0.15) is 0 Å². The summed E-state index contributed by atoms with van der Waals surface area (Å²) in [6.45, 7) is 5.64. The van der Waals surface area contributed by atoms with Crippen LogP contribution in [0.15, 0.2) is 48.5 Å². The molecule has 0 saturated carbocycles. The molecular formula is C18H23NO2. The summed E-state index contributed by atoms with van der Waals surface area (Å²) in [4.78, 5) is 0. The van der Waals surface area contributed by atoms with E-state index in [0.717, 1.165) is 23.6 Å². The third kappa shape index (κ3) is 4.80. The number of hydrogen-bond acceptors (Lipinski definition) is 3. The van der Waals surface area contributed by atoms with E-state index in [1.807, 2.05) is 42.5 Å². The number of methoxy groups -OCH3 is 1. The Kier molecular flexibility index (Phi) is 5.64. The van der Waals surface area contributed by atoms with Crippen LogP contribution in [0.25, 0.3) is 0 Å². The first-order valence-electron chi connectivity index (χ1n) is 7.26. The monoisotopic (exact) mass is 285 g/mol. The van der Waals surface area contributed by atoms with E-state index in [-0.39, 0.29) is 0 Å². The lowest BCUT2D eigenvalue weighted by Gasteiger charge is -2.13. The average Bonchev–Trinajstić information content (AvgIpc) is 2.52. The summed E-state index contributed by atoms with van der Waals surface area (Å²) in [6.07, 6.45) is 0. The Morgan fingerprint density at radius 3 is 2.38 bits per heavy atom. The molecule has 0 aromatic heterocycles. The van der Waals surface area contributed by atoms with Crippen LogP contribution >= 0.6 is 0 Å². The Morgan fingerprint density at radius 1 is 0.952 bits per heavy atom. The van der Waals surface area contributed by atoms with Crippen LogP contribution in [0.4, 0.5) is 0 Å². The number of nitrogens with one attached hydrogen (secondary N) is 1.